The van der Waals surface area contributed by atoms with Crippen LogP contribution in [0, 0.1) is 6.92 Å². The fraction of sp³-hybridized carbons (Fsp3) is 0.273. The number of hydrogen-bond acceptors (Lipinski definition) is 1. The molecule has 0 fully saturated rings. The van der Waals surface area contributed by atoms with Crippen molar-refractivity contribution in [1.29, 1.82) is 0 Å². The molecule has 12 heavy (non-hydrogen) atoms. The van der Waals surface area contributed by atoms with Gasteiger partial charge < -0.3 is 4.74 Å². The zero-order chi connectivity index (χ0) is 8.97. The van der Waals surface area contributed by atoms with E-state index < -0.39 is 0 Å². The van der Waals surface area contributed by atoms with Gasteiger partial charge in [0.15, 0.2) is 0 Å². The molecule has 0 aliphatic rings. The highest BCUT2D eigenvalue weighted by molar-refractivity contribution is 5.65. The molecule has 0 radical (unpaired) electrons. The van der Waals surface area contributed by atoms with E-state index in [1.54, 1.807) is 13.4 Å². The van der Waals surface area contributed by atoms with Gasteiger partial charge in [0.2, 0.25) is 0 Å². The summed E-state index contributed by atoms with van der Waals surface area (Å²) in [5, 5.41) is 0. The van der Waals surface area contributed by atoms with Crippen molar-refractivity contribution < 1.29 is 4.74 Å². The Bertz CT molecular complexity index is 287. The molecule has 1 nitrogen and oxygen atoms in total. The third kappa shape index (κ3) is 1.88. The molecule has 64 valence electrons. The second-order valence-corrected chi connectivity index (χ2v) is 2.85. The largest absolute Gasteiger partial charge is 0.504 e. The van der Waals surface area contributed by atoms with Gasteiger partial charge in [0.25, 0.3) is 0 Å². The minimum atomic E-state index is 1.16. The van der Waals surface area contributed by atoms with Gasteiger partial charge in [0.1, 0.15) is 0 Å². The Morgan fingerprint density at radius 2 is 2.00 bits per heavy atom. The first-order valence-electron chi connectivity index (χ1n) is 4.01. The van der Waals surface area contributed by atoms with Crippen LogP contribution >= 0.6 is 0 Å². The maximum atomic E-state index is 4.95. The number of hydrogen-bond donors (Lipinski definition) is 0. The highest BCUT2D eigenvalue weighted by Gasteiger charge is 1.97. The Labute approximate surface area is 73.7 Å². The molecule has 0 heterocycles. The first-order chi connectivity index (χ1) is 5.75. The second-order valence-electron chi connectivity index (χ2n) is 2.85. The summed E-state index contributed by atoms with van der Waals surface area (Å²) in [5.41, 5.74) is 3.69. The summed E-state index contributed by atoms with van der Waals surface area (Å²) in [7, 11) is 1.67. The van der Waals surface area contributed by atoms with Crippen LogP contribution in [0.3, 0.4) is 0 Å². The molecule has 0 saturated carbocycles. The quantitative estimate of drug-likeness (QED) is 0.607. The fourth-order valence-electron chi connectivity index (χ4n) is 1.26. The molecule has 0 bridgehead atoms. The molecule has 0 amide bonds. The molecule has 1 heteroatoms. The van der Waals surface area contributed by atoms with Gasteiger partial charge in [0, 0.05) is 0 Å². The third-order valence-corrected chi connectivity index (χ3v) is 1.86. The molecule has 0 aromatic heterocycles. The van der Waals surface area contributed by atoms with Gasteiger partial charge in [-0.1, -0.05) is 24.3 Å². The molecule has 0 aliphatic heterocycles. The van der Waals surface area contributed by atoms with Crippen LogP contribution in [0.5, 0.6) is 0 Å². The summed E-state index contributed by atoms with van der Waals surface area (Å²) in [6, 6.07) is 8.27. The molecule has 0 aliphatic carbocycles. The van der Waals surface area contributed by atoms with Crippen molar-refractivity contribution in [3.8, 4) is 0 Å². The molecule has 1 rings (SSSR count). The van der Waals surface area contributed by atoms with Crippen LogP contribution < -0.4 is 0 Å². The maximum absolute atomic E-state index is 4.95. The molecule has 0 unspecified atom stereocenters. The third-order valence-electron chi connectivity index (χ3n) is 1.86. The van der Waals surface area contributed by atoms with E-state index in [0.717, 1.165) is 5.57 Å². The van der Waals surface area contributed by atoms with E-state index in [0.29, 0.717) is 0 Å². The summed E-state index contributed by atoms with van der Waals surface area (Å²) in [6.45, 7) is 4.15. The highest BCUT2D eigenvalue weighted by atomic mass is 16.5. The number of methoxy groups -OCH3 is 1. The van der Waals surface area contributed by atoms with Gasteiger partial charge in [0.05, 0.1) is 13.4 Å². The van der Waals surface area contributed by atoms with Crippen molar-refractivity contribution in [3.63, 3.8) is 0 Å². The summed E-state index contributed by atoms with van der Waals surface area (Å²) in [6.07, 6.45) is 1.77. The van der Waals surface area contributed by atoms with Crippen LogP contribution in [0.2, 0.25) is 0 Å². The van der Waals surface area contributed by atoms with Gasteiger partial charge in [-0.3, -0.25) is 0 Å². The van der Waals surface area contributed by atoms with Gasteiger partial charge >= 0.3 is 0 Å². The highest BCUT2D eigenvalue weighted by Crippen LogP contribution is 2.17. The summed E-state index contributed by atoms with van der Waals surface area (Å²) in [5.74, 6) is 0. The first kappa shape index (κ1) is 8.85. The molecule has 0 saturated heterocycles. The van der Waals surface area contributed by atoms with E-state index >= 15 is 0 Å². The van der Waals surface area contributed by atoms with E-state index in [4.69, 9.17) is 4.74 Å². The number of benzene rings is 1. The Balaban J connectivity index is 3.02. The van der Waals surface area contributed by atoms with Gasteiger partial charge in [-0.15, -0.1) is 0 Å². The maximum Gasteiger partial charge on any atom is 0.0859 e. The van der Waals surface area contributed by atoms with Crippen LogP contribution in [0.25, 0.3) is 5.57 Å². The van der Waals surface area contributed by atoms with Crippen LogP contribution in [-0.2, 0) is 4.74 Å². The number of aryl methyl sites for hydroxylation is 1. The average Bonchev–Trinajstić information content (AvgIpc) is 2.05. The summed E-state index contributed by atoms with van der Waals surface area (Å²) in [4.78, 5) is 0. The molecule has 1 aromatic carbocycles. The van der Waals surface area contributed by atoms with Crippen LogP contribution in [-0.4, -0.2) is 7.11 Å². The van der Waals surface area contributed by atoms with E-state index in [9.17, 15) is 0 Å². The lowest BCUT2D eigenvalue weighted by molar-refractivity contribution is 0.339. The van der Waals surface area contributed by atoms with Crippen molar-refractivity contribution in [1.82, 2.24) is 0 Å². The SMILES string of the molecule is CO/C=C(\C)c1ccccc1C. The van der Waals surface area contributed by atoms with Crippen LogP contribution in [0.4, 0.5) is 0 Å². The molecule has 0 spiro atoms. The minimum Gasteiger partial charge on any atom is -0.504 e. The van der Waals surface area contributed by atoms with Crippen molar-refractivity contribution in [3.05, 3.63) is 41.7 Å². The van der Waals surface area contributed by atoms with Gasteiger partial charge in [-0.25, -0.2) is 0 Å². The lowest BCUT2D eigenvalue weighted by Crippen LogP contribution is -1.84. The summed E-state index contributed by atoms with van der Waals surface area (Å²) < 4.78 is 4.95. The lowest BCUT2D eigenvalue weighted by atomic mass is 10.0. The van der Waals surface area contributed by atoms with Crippen molar-refractivity contribution >= 4 is 5.57 Å². The minimum absolute atomic E-state index is 1.16. The zero-order valence-electron chi connectivity index (χ0n) is 7.79. The first-order valence-corrected chi connectivity index (χ1v) is 4.01. The second kappa shape index (κ2) is 3.96. The fourth-order valence-corrected chi connectivity index (χ4v) is 1.26. The predicted molar refractivity (Wildman–Crippen MR) is 51.8 cm³/mol. The Morgan fingerprint density at radius 3 is 2.58 bits per heavy atom. The Kier molecular flexibility index (Phi) is 2.92. The molecule has 1 aromatic rings. The monoisotopic (exact) mass is 162 g/mol. The smallest absolute Gasteiger partial charge is 0.0859 e. The van der Waals surface area contributed by atoms with Gasteiger partial charge in [-0.05, 0) is 30.5 Å². The van der Waals surface area contributed by atoms with Crippen LogP contribution in [0.1, 0.15) is 18.1 Å². The molecular formula is C11H14O. The summed E-state index contributed by atoms with van der Waals surface area (Å²) >= 11 is 0. The zero-order valence-corrected chi connectivity index (χ0v) is 7.79. The number of allylic oxidation sites excluding steroid dienone is 1. The predicted octanol–water partition coefficient (Wildman–Crippen LogP) is 3.00. The Morgan fingerprint density at radius 1 is 1.33 bits per heavy atom. The van der Waals surface area contributed by atoms with E-state index in [2.05, 4.69) is 19.1 Å². The van der Waals surface area contributed by atoms with E-state index in [1.807, 2.05) is 19.1 Å². The lowest BCUT2D eigenvalue weighted by Gasteiger charge is -2.04. The number of ether oxygens (including phenoxy) is 1. The van der Waals surface area contributed by atoms with Gasteiger partial charge in [-0.2, -0.15) is 0 Å². The van der Waals surface area contributed by atoms with Crippen molar-refractivity contribution in [2.24, 2.45) is 0 Å². The van der Waals surface area contributed by atoms with Crippen molar-refractivity contribution in [2.45, 2.75) is 13.8 Å². The van der Waals surface area contributed by atoms with E-state index in [1.165, 1.54) is 11.1 Å². The van der Waals surface area contributed by atoms with E-state index in [-0.39, 0.29) is 0 Å². The Hall–Kier alpha value is -1.24. The topological polar surface area (TPSA) is 9.23 Å². The number of rotatable bonds is 2. The average molecular weight is 162 g/mol. The standard InChI is InChI=1S/C11H14O/c1-9-6-4-5-7-11(9)10(2)8-12-3/h4-8H,1-3H3/b10-8+. The normalized spacial score (nSPS) is 11.4. The molecule has 0 N–H and O–H groups in total. The molecular weight excluding hydrogens is 148 g/mol. The molecule has 0 atom stereocenters. The van der Waals surface area contributed by atoms with Crippen LogP contribution in [0.15, 0.2) is 30.5 Å². The van der Waals surface area contributed by atoms with Crippen molar-refractivity contribution in [2.75, 3.05) is 7.11 Å².